The lowest BCUT2D eigenvalue weighted by Crippen LogP contribution is -2.50. The molecular weight excluding hydrogens is 258 g/mol. The Morgan fingerprint density at radius 3 is 2.55 bits per heavy atom. The first kappa shape index (κ1) is 15.1. The highest BCUT2D eigenvalue weighted by molar-refractivity contribution is 5.77. The van der Waals surface area contributed by atoms with Crippen LogP contribution in [0.15, 0.2) is 0 Å². The Morgan fingerprint density at radius 2 is 1.85 bits per heavy atom. The maximum Gasteiger partial charge on any atom is 0.320 e. The van der Waals surface area contributed by atoms with Crippen LogP contribution in [0, 0.1) is 0 Å². The molecule has 0 aromatic rings. The van der Waals surface area contributed by atoms with Crippen molar-refractivity contribution in [1.29, 1.82) is 0 Å². The average Bonchev–Trinajstić information content (AvgIpc) is 2.73. The van der Waals surface area contributed by atoms with Crippen molar-refractivity contribution < 1.29 is 14.7 Å². The molecule has 0 bridgehead atoms. The first-order chi connectivity index (χ1) is 9.49. The zero-order valence-electron chi connectivity index (χ0n) is 12.4. The number of carbonyl (C=O) groups excluding carboxylic acids is 1. The SMILES string of the molecule is CC1CN(C)CCCN1C(=O)N1CCCC1CC(=O)O. The minimum Gasteiger partial charge on any atom is -0.481 e. The molecule has 2 amide bonds. The summed E-state index contributed by atoms with van der Waals surface area (Å²) in [6.45, 7) is 5.41. The molecule has 0 aliphatic carbocycles. The summed E-state index contributed by atoms with van der Waals surface area (Å²) in [5.41, 5.74) is 0. The number of urea groups is 1. The van der Waals surface area contributed by atoms with Gasteiger partial charge in [0.2, 0.25) is 0 Å². The smallest absolute Gasteiger partial charge is 0.320 e. The number of rotatable bonds is 2. The van der Waals surface area contributed by atoms with Gasteiger partial charge in [0.25, 0.3) is 0 Å². The van der Waals surface area contributed by atoms with Gasteiger partial charge in [-0.2, -0.15) is 0 Å². The first-order valence-electron chi connectivity index (χ1n) is 7.46. The summed E-state index contributed by atoms with van der Waals surface area (Å²) in [5.74, 6) is -0.821. The number of carboxylic acid groups (broad SMARTS) is 1. The van der Waals surface area contributed by atoms with Crippen LogP contribution in [0.4, 0.5) is 4.79 Å². The van der Waals surface area contributed by atoms with Crippen LogP contribution in [0.1, 0.15) is 32.6 Å². The molecular formula is C14H25N3O3. The summed E-state index contributed by atoms with van der Waals surface area (Å²) in [5, 5.41) is 8.96. The Bertz CT molecular complexity index is 375. The average molecular weight is 283 g/mol. The minimum atomic E-state index is -0.821. The van der Waals surface area contributed by atoms with Crippen molar-refractivity contribution in [3.05, 3.63) is 0 Å². The monoisotopic (exact) mass is 283 g/mol. The number of likely N-dealkylation sites (N-methyl/N-ethyl adjacent to an activating group) is 1. The van der Waals surface area contributed by atoms with E-state index in [2.05, 4.69) is 18.9 Å². The molecule has 0 saturated carbocycles. The molecule has 2 rings (SSSR count). The standard InChI is InChI=1S/C14H25N3O3/c1-11-10-15(2)6-4-8-16(11)14(20)17-7-3-5-12(17)9-13(18)19/h11-12H,3-10H2,1-2H3,(H,18,19). The highest BCUT2D eigenvalue weighted by atomic mass is 16.4. The van der Waals surface area contributed by atoms with Crippen molar-refractivity contribution in [3.8, 4) is 0 Å². The summed E-state index contributed by atoms with van der Waals surface area (Å²) in [7, 11) is 2.08. The largest absolute Gasteiger partial charge is 0.481 e. The summed E-state index contributed by atoms with van der Waals surface area (Å²) in [6, 6.07) is 0.0748. The second kappa shape index (κ2) is 6.43. The molecule has 1 N–H and O–H groups in total. The number of amides is 2. The van der Waals surface area contributed by atoms with Crippen LogP contribution < -0.4 is 0 Å². The van der Waals surface area contributed by atoms with Crippen LogP contribution in [-0.4, -0.2) is 77.1 Å². The molecule has 6 nitrogen and oxygen atoms in total. The van der Waals surface area contributed by atoms with Gasteiger partial charge in [-0.3, -0.25) is 4.79 Å². The fourth-order valence-electron chi connectivity index (χ4n) is 3.32. The Balaban J connectivity index is 2.03. The van der Waals surface area contributed by atoms with E-state index in [1.165, 1.54) is 0 Å². The van der Waals surface area contributed by atoms with Gasteiger partial charge in [0.05, 0.1) is 6.42 Å². The maximum absolute atomic E-state index is 12.7. The third-order valence-electron chi connectivity index (χ3n) is 4.33. The number of hydrogen-bond donors (Lipinski definition) is 1. The predicted molar refractivity (Wildman–Crippen MR) is 75.7 cm³/mol. The summed E-state index contributed by atoms with van der Waals surface area (Å²) >= 11 is 0. The highest BCUT2D eigenvalue weighted by Crippen LogP contribution is 2.23. The molecule has 0 aromatic heterocycles. The summed E-state index contributed by atoms with van der Waals surface area (Å²) < 4.78 is 0. The molecule has 2 heterocycles. The van der Waals surface area contributed by atoms with Gasteiger partial charge in [-0.1, -0.05) is 0 Å². The molecule has 0 spiro atoms. The van der Waals surface area contributed by atoms with Crippen LogP contribution in [0.5, 0.6) is 0 Å². The van der Waals surface area contributed by atoms with Crippen LogP contribution in [-0.2, 0) is 4.79 Å². The molecule has 2 atom stereocenters. The molecule has 2 aliphatic heterocycles. The molecule has 6 heteroatoms. The van der Waals surface area contributed by atoms with Crippen molar-refractivity contribution in [2.45, 2.75) is 44.7 Å². The lowest BCUT2D eigenvalue weighted by molar-refractivity contribution is -0.138. The molecule has 20 heavy (non-hydrogen) atoms. The normalized spacial score (nSPS) is 28.5. The number of hydrogen-bond acceptors (Lipinski definition) is 3. The zero-order valence-corrected chi connectivity index (χ0v) is 12.4. The van der Waals surface area contributed by atoms with Gasteiger partial charge in [-0.05, 0) is 39.8 Å². The molecule has 2 aliphatic rings. The van der Waals surface area contributed by atoms with E-state index in [1.54, 1.807) is 4.90 Å². The molecule has 0 aromatic carbocycles. The van der Waals surface area contributed by atoms with Gasteiger partial charge < -0.3 is 19.8 Å². The van der Waals surface area contributed by atoms with E-state index in [9.17, 15) is 9.59 Å². The van der Waals surface area contributed by atoms with Crippen molar-refractivity contribution in [1.82, 2.24) is 14.7 Å². The molecule has 2 unspecified atom stereocenters. The lowest BCUT2D eigenvalue weighted by atomic mass is 10.1. The van der Waals surface area contributed by atoms with Crippen molar-refractivity contribution >= 4 is 12.0 Å². The highest BCUT2D eigenvalue weighted by Gasteiger charge is 2.35. The van der Waals surface area contributed by atoms with Crippen LogP contribution in [0.25, 0.3) is 0 Å². The minimum absolute atomic E-state index is 0.0246. The van der Waals surface area contributed by atoms with Crippen molar-refractivity contribution in [2.75, 3.05) is 33.2 Å². The van der Waals surface area contributed by atoms with Crippen LogP contribution in [0.3, 0.4) is 0 Å². The van der Waals surface area contributed by atoms with E-state index in [4.69, 9.17) is 5.11 Å². The third kappa shape index (κ3) is 3.42. The first-order valence-corrected chi connectivity index (χ1v) is 7.46. The number of nitrogens with zero attached hydrogens (tertiary/aromatic N) is 3. The van der Waals surface area contributed by atoms with Crippen LogP contribution >= 0.6 is 0 Å². The molecule has 2 fully saturated rings. The maximum atomic E-state index is 12.7. The number of likely N-dealkylation sites (tertiary alicyclic amines) is 1. The summed E-state index contributed by atoms with van der Waals surface area (Å²) in [6.07, 6.45) is 2.75. The van der Waals surface area contributed by atoms with E-state index in [0.29, 0.717) is 6.54 Å². The van der Waals surface area contributed by atoms with E-state index in [0.717, 1.165) is 38.9 Å². The molecule has 114 valence electrons. The fraction of sp³-hybridized carbons (Fsp3) is 0.857. The third-order valence-corrected chi connectivity index (χ3v) is 4.33. The number of aliphatic carboxylic acids is 1. The van der Waals surface area contributed by atoms with Crippen LogP contribution in [0.2, 0.25) is 0 Å². The Kier molecular flexibility index (Phi) is 4.86. The zero-order chi connectivity index (χ0) is 14.7. The Hall–Kier alpha value is -1.30. The van der Waals surface area contributed by atoms with Gasteiger partial charge in [-0.25, -0.2) is 4.79 Å². The van der Waals surface area contributed by atoms with Crippen molar-refractivity contribution in [3.63, 3.8) is 0 Å². The Labute approximate surface area is 120 Å². The Morgan fingerprint density at radius 1 is 1.15 bits per heavy atom. The second-order valence-electron chi connectivity index (χ2n) is 6.03. The van der Waals surface area contributed by atoms with Gasteiger partial charge in [-0.15, -0.1) is 0 Å². The van der Waals surface area contributed by atoms with Gasteiger partial charge in [0, 0.05) is 31.7 Å². The summed E-state index contributed by atoms with van der Waals surface area (Å²) in [4.78, 5) is 29.5. The van der Waals surface area contributed by atoms with Crippen molar-refractivity contribution in [2.24, 2.45) is 0 Å². The van der Waals surface area contributed by atoms with Gasteiger partial charge >= 0.3 is 12.0 Å². The molecule has 0 radical (unpaired) electrons. The fourth-order valence-corrected chi connectivity index (χ4v) is 3.32. The van der Waals surface area contributed by atoms with E-state index in [1.807, 2.05) is 4.90 Å². The topological polar surface area (TPSA) is 64.1 Å². The predicted octanol–water partition coefficient (Wildman–Crippen LogP) is 1.07. The lowest BCUT2D eigenvalue weighted by Gasteiger charge is -2.34. The van der Waals surface area contributed by atoms with E-state index in [-0.39, 0.29) is 24.5 Å². The van der Waals surface area contributed by atoms with E-state index < -0.39 is 5.97 Å². The number of carbonyl (C=O) groups is 2. The van der Waals surface area contributed by atoms with E-state index >= 15 is 0 Å². The number of carboxylic acids is 1. The van der Waals surface area contributed by atoms with Gasteiger partial charge in [0.15, 0.2) is 0 Å². The quantitative estimate of drug-likeness (QED) is 0.823. The molecule has 2 saturated heterocycles. The second-order valence-corrected chi connectivity index (χ2v) is 6.03. The van der Waals surface area contributed by atoms with Gasteiger partial charge in [0.1, 0.15) is 0 Å².